The highest BCUT2D eigenvalue weighted by molar-refractivity contribution is 7.10. The van der Waals surface area contributed by atoms with E-state index in [1.54, 1.807) is 11.3 Å². The summed E-state index contributed by atoms with van der Waals surface area (Å²) in [6.45, 7) is 1.93. The highest BCUT2D eigenvalue weighted by Gasteiger charge is 2.14. The largest absolute Gasteiger partial charge is 0.326 e. The molecule has 0 aliphatic carbocycles. The summed E-state index contributed by atoms with van der Waals surface area (Å²) in [6, 6.07) is 5.64. The van der Waals surface area contributed by atoms with Crippen LogP contribution in [0.1, 0.15) is 18.0 Å². The number of thiazole rings is 1. The quantitative estimate of drug-likeness (QED) is 0.788. The highest BCUT2D eigenvalue weighted by atomic mass is 35.5. The maximum Gasteiger partial charge on any atom is 0.160 e. The molecule has 6 heteroatoms. The van der Waals surface area contributed by atoms with Crippen LogP contribution in [0.4, 0.5) is 0 Å². The number of hydrogen-bond acceptors (Lipinski definition) is 4. The molecule has 2 aromatic heterocycles. The third-order valence-corrected chi connectivity index (χ3v) is 4.26. The van der Waals surface area contributed by atoms with Gasteiger partial charge in [-0.2, -0.15) is 0 Å². The molecule has 1 atom stereocenters. The number of nitrogens with zero attached hydrogens (tertiary/aromatic N) is 3. The second-order valence-corrected chi connectivity index (χ2v) is 5.81. The van der Waals surface area contributed by atoms with Crippen molar-refractivity contribution in [3.63, 3.8) is 0 Å². The Labute approximate surface area is 119 Å². The zero-order chi connectivity index (χ0) is 13.6. The first-order valence-electron chi connectivity index (χ1n) is 5.89. The predicted octanol–water partition coefficient (Wildman–Crippen LogP) is 3.37. The van der Waals surface area contributed by atoms with Crippen LogP contribution < -0.4 is 5.73 Å². The van der Waals surface area contributed by atoms with Crippen LogP contribution >= 0.6 is 22.9 Å². The summed E-state index contributed by atoms with van der Waals surface area (Å²) in [4.78, 5) is 9.13. The average Bonchev–Trinajstić information content (AvgIpc) is 2.94. The van der Waals surface area contributed by atoms with Gasteiger partial charge in [-0.25, -0.2) is 9.97 Å². The van der Waals surface area contributed by atoms with Crippen molar-refractivity contribution in [2.75, 3.05) is 0 Å². The van der Waals surface area contributed by atoms with E-state index in [9.17, 15) is 0 Å². The van der Waals surface area contributed by atoms with Gasteiger partial charge in [0.1, 0.15) is 10.7 Å². The van der Waals surface area contributed by atoms with Crippen molar-refractivity contribution in [3.05, 3.63) is 33.6 Å². The van der Waals surface area contributed by atoms with E-state index in [0.717, 1.165) is 27.6 Å². The molecule has 98 valence electrons. The number of fused-ring (bicyclic) bond motifs is 1. The Morgan fingerprint density at radius 3 is 2.84 bits per heavy atom. The van der Waals surface area contributed by atoms with Crippen molar-refractivity contribution in [2.24, 2.45) is 12.8 Å². The second-order valence-electron chi connectivity index (χ2n) is 4.49. The van der Waals surface area contributed by atoms with E-state index in [1.165, 1.54) is 0 Å². The summed E-state index contributed by atoms with van der Waals surface area (Å²) in [5.74, 6) is 0.834. The van der Waals surface area contributed by atoms with E-state index in [-0.39, 0.29) is 6.04 Å². The predicted molar refractivity (Wildman–Crippen MR) is 79.4 cm³/mol. The van der Waals surface area contributed by atoms with E-state index >= 15 is 0 Å². The molecule has 3 rings (SSSR count). The summed E-state index contributed by atoms with van der Waals surface area (Å²) >= 11 is 7.55. The van der Waals surface area contributed by atoms with Crippen LogP contribution in [0, 0.1) is 0 Å². The van der Waals surface area contributed by atoms with Crippen molar-refractivity contribution in [1.29, 1.82) is 0 Å². The first kappa shape index (κ1) is 12.6. The van der Waals surface area contributed by atoms with Gasteiger partial charge in [-0.05, 0) is 25.1 Å². The van der Waals surface area contributed by atoms with Gasteiger partial charge in [0, 0.05) is 17.5 Å². The Kier molecular flexibility index (Phi) is 3.05. The van der Waals surface area contributed by atoms with Crippen LogP contribution in [-0.2, 0) is 7.05 Å². The maximum absolute atomic E-state index is 5.99. The normalized spacial score (nSPS) is 13.1. The lowest BCUT2D eigenvalue weighted by atomic mass is 10.3. The lowest BCUT2D eigenvalue weighted by Crippen LogP contribution is -2.04. The Hall–Kier alpha value is -1.43. The van der Waals surface area contributed by atoms with Gasteiger partial charge < -0.3 is 10.3 Å². The van der Waals surface area contributed by atoms with Crippen LogP contribution in [0.15, 0.2) is 23.6 Å². The molecule has 0 saturated heterocycles. The summed E-state index contributed by atoms with van der Waals surface area (Å²) in [5, 5.41) is 3.59. The molecule has 1 aromatic carbocycles. The molecule has 0 radical (unpaired) electrons. The molecule has 0 spiro atoms. The lowest BCUT2D eigenvalue weighted by Gasteiger charge is -1.99. The van der Waals surface area contributed by atoms with Gasteiger partial charge in [-0.1, -0.05) is 11.6 Å². The van der Waals surface area contributed by atoms with Crippen LogP contribution in [-0.4, -0.2) is 14.5 Å². The number of halogens is 1. The number of imidazole rings is 1. The molecular formula is C13H13ClN4S. The summed E-state index contributed by atoms with van der Waals surface area (Å²) < 4.78 is 2.02. The van der Waals surface area contributed by atoms with Crippen LogP contribution in [0.2, 0.25) is 5.02 Å². The Bertz CT molecular complexity index is 744. The van der Waals surface area contributed by atoms with Gasteiger partial charge >= 0.3 is 0 Å². The molecule has 3 aromatic rings. The fourth-order valence-corrected chi connectivity index (χ4v) is 2.92. The van der Waals surface area contributed by atoms with Crippen LogP contribution in [0.25, 0.3) is 22.6 Å². The molecule has 0 fully saturated rings. The number of nitrogens with two attached hydrogens (primary N) is 1. The van der Waals surface area contributed by atoms with E-state index in [0.29, 0.717) is 5.02 Å². The smallest absolute Gasteiger partial charge is 0.160 e. The minimum atomic E-state index is -0.0529. The third-order valence-electron chi connectivity index (χ3n) is 2.98. The number of aryl methyl sites for hydroxylation is 1. The van der Waals surface area contributed by atoms with Gasteiger partial charge in [0.25, 0.3) is 0 Å². The van der Waals surface area contributed by atoms with Gasteiger partial charge in [-0.3, -0.25) is 0 Å². The molecule has 0 amide bonds. The van der Waals surface area contributed by atoms with E-state index in [1.807, 2.05) is 42.1 Å². The standard InChI is InChI=1S/C13H13ClN4S/c1-7(15)13-17-10(6-19-13)12-16-9-5-8(14)3-4-11(9)18(12)2/h3-7H,15H2,1-2H3. The molecule has 1 unspecified atom stereocenters. The number of benzene rings is 1. The van der Waals surface area contributed by atoms with Crippen LogP contribution in [0.5, 0.6) is 0 Å². The van der Waals surface area contributed by atoms with Crippen molar-refractivity contribution in [1.82, 2.24) is 14.5 Å². The molecule has 19 heavy (non-hydrogen) atoms. The summed E-state index contributed by atoms with van der Waals surface area (Å²) in [6.07, 6.45) is 0. The zero-order valence-electron chi connectivity index (χ0n) is 10.6. The van der Waals surface area contributed by atoms with E-state index < -0.39 is 0 Å². The molecule has 0 bridgehead atoms. The Morgan fingerprint density at radius 1 is 1.37 bits per heavy atom. The lowest BCUT2D eigenvalue weighted by molar-refractivity contribution is 0.806. The molecule has 2 N–H and O–H groups in total. The highest BCUT2D eigenvalue weighted by Crippen LogP contribution is 2.27. The first-order valence-corrected chi connectivity index (χ1v) is 7.15. The topological polar surface area (TPSA) is 56.7 Å². The van der Waals surface area contributed by atoms with Gasteiger partial charge in [0.2, 0.25) is 0 Å². The number of rotatable bonds is 2. The average molecular weight is 293 g/mol. The second kappa shape index (κ2) is 4.59. The van der Waals surface area contributed by atoms with E-state index in [2.05, 4.69) is 9.97 Å². The third kappa shape index (κ3) is 2.14. The van der Waals surface area contributed by atoms with Gasteiger partial charge in [0.05, 0.1) is 17.1 Å². The number of aromatic nitrogens is 3. The molecule has 4 nitrogen and oxygen atoms in total. The summed E-state index contributed by atoms with van der Waals surface area (Å²) in [5.41, 5.74) is 8.61. The fourth-order valence-electron chi connectivity index (χ4n) is 2.00. The van der Waals surface area contributed by atoms with Gasteiger partial charge in [-0.15, -0.1) is 11.3 Å². The molecule has 0 aliphatic heterocycles. The van der Waals surface area contributed by atoms with Crippen LogP contribution in [0.3, 0.4) is 0 Å². The maximum atomic E-state index is 5.99. The Morgan fingerprint density at radius 2 is 2.16 bits per heavy atom. The molecular weight excluding hydrogens is 280 g/mol. The first-order chi connectivity index (χ1) is 9.06. The van der Waals surface area contributed by atoms with Gasteiger partial charge in [0.15, 0.2) is 5.82 Å². The molecule has 2 heterocycles. The van der Waals surface area contributed by atoms with Crippen molar-refractivity contribution < 1.29 is 0 Å². The monoisotopic (exact) mass is 292 g/mol. The molecule has 0 aliphatic rings. The minimum absolute atomic E-state index is 0.0529. The summed E-state index contributed by atoms with van der Waals surface area (Å²) in [7, 11) is 1.98. The fraction of sp³-hybridized carbons (Fsp3) is 0.231. The number of hydrogen-bond donors (Lipinski definition) is 1. The minimum Gasteiger partial charge on any atom is -0.326 e. The van der Waals surface area contributed by atoms with E-state index in [4.69, 9.17) is 17.3 Å². The SMILES string of the molecule is CC(N)c1nc(-c2nc3cc(Cl)ccc3n2C)cs1. The zero-order valence-corrected chi connectivity index (χ0v) is 12.2. The van der Waals surface area contributed by atoms with Crippen molar-refractivity contribution in [3.8, 4) is 11.5 Å². The van der Waals surface area contributed by atoms with Crippen molar-refractivity contribution >= 4 is 34.0 Å². The Balaban J connectivity index is 2.16. The molecule has 0 saturated carbocycles. The van der Waals surface area contributed by atoms with Crippen molar-refractivity contribution in [2.45, 2.75) is 13.0 Å².